The maximum atomic E-state index is 9.51. The van der Waals surface area contributed by atoms with Crippen LogP contribution in [0, 0.1) is 11.3 Å². The lowest BCUT2D eigenvalue weighted by atomic mass is 9.91. The van der Waals surface area contributed by atoms with E-state index in [1.165, 1.54) is 32.2 Å². The molecule has 1 heterocycles. The van der Waals surface area contributed by atoms with Crippen molar-refractivity contribution in [2.45, 2.75) is 83.7 Å². The van der Waals surface area contributed by atoms with Gasteiger partial charge in [0.2, 0.25) is 0 Å². The molecule has 0 aliphatic carbocycles. The summed E-state index contributed by atoms with van der Waals surface area (Å²) in [5, 5.41) is 13.0. The summed E-state index contributed by atoms with van der Waals surface area (Å²) in [6.45, 7) is 9.95. The van der Waals surface area contributed by atoms with Gasteiger partial charge >= 0.3 is 0 Å². The van der Waals surface area contributed by atoms with Gasteiger partial charge in [0, 0.05) is 6.04 Å². The van der Waals surface area contributed by atoms with Gasteiger partial charge in [0.15, 0.2) is 0 Å². The van der Waals surface area contributed by atoms with E-state index in [-0.39, 0.29) is 5.54 Å². The molecule has 3 heteroatoms. The number of piperidine rings is 1. The Balaban J connectivity index is 2.41. The van der Waals surface area contributed by atoms with Crippen molar-refractivity contribution in [3.05, 3.63) is 0 Å². The summed E-state index contributed by atoms with van der Waals surface area (Å²) in [6.07, 6.45) is 9.48. The van der Waals surface area contributed by atoms with Crippen molar-refractivity contribution >= 4 is 0 Å². The molecule has 0 spiro atoms. The lowest BCUT2D eigenvalue weighted by molar-refractivity contribution is 0.138. The SMILES string of the molecule is CCCNC(C#N)(CC)CCCN1CCCCC1CC. The van der Waals surface area contributed by atoms with Crippen LogP contribution in [-0.2, 0) is 0 Å². The van der Waals surface area contributed by atoms with Crippen molar-refractivity contribution in [1.82, 2.24) is 10.2 Å². The van der Waals surface area contributed by atoms with E-state index in [9.17, 15) is 5.26 Å². The maximum absolute atomic E-state index is 9.51. The van der Waals surface area contributed by atoms with Crippen LogP contribution in [0.4, 0.5) is 0 Å². The minimum Gasteiger partial charge on any atom is -0.300 e. The standard InChI is InChI=1S/C17H33N3/c1-4-12-19-17(6-3,15-18)11-9-14-20-13-8-7-10-16(20)5-2/h16,19H,4-14H2,1-3H3. The minimum absolute atomic E-state index is 0.298. The zero-order valence-corrected chi connectivity index (χ0v) is 13.7. The molecule has 1 aliphatic rings. The van der Waals surface area contributed by atoms with E-state index >= 15 is 0 Å². The third kappa shape index (κ3) is 5.07. The van der Waals surface area contributed by atoms with Crippen molar-refractivity contribution in [2.75, 3.05) is 19.6 Å². The Morgan fingerprint density at radius 1 is 1.30 bits per heavy atom. The Morgan fingerprint density at radius 2 is 2.10 bits per heavy atom. The van der Waals surface area contributed by atoms with E-state index in [1.54, 1.807) is 0 Å². The Bertz CT molecular complexity index is 297. The summed E-state index contributed by atoms with van der Waals surface area (Å²) in [5.74, 6) is 0. The van der Waals surface area contributed by atoms with Gasteiger partial charge in [-0.05, 0) is 64.6 Å². The molecule has 0 radical (unpaired) electrons. The Morgan fingerprint density at radius 3 is 2.70 bits per heavy atom. The first-order chi connectivity index (χ1) is 9.71. The molecular formula is C17H33N3. The van der Waals surface area contributed by atoms with Gasteiger partial charge in [-0.2, -0.15) is 5.26 Å². The zero-order valence-electron chi connectivity index (χ0n) is 13.7. The fourth-order valence-corrected chi connectivity index (χ4v) is 3.33. The topological polar surface area (TPSA) is 39.1 Å². The van der Waals surface area contributed by atoms with Gasteiger partial charge in [0.05, 0.1) is 6.07 Å². The monoisotopic (exact) mass is 279 g/mol. The Labute approximate surface area is 125 Å². The molecule has 1 N–H and O–H groups in total. The van der Waals surface area contributed by atoms with Crippen LogP contribution in [0.2, 0.25) is 0 Å². The van der Waals surface area contributed by atoms with Crippen molar-refractivity contribution in [1.29, 1.82) is 5.26 Å². The molecule has 1 rings (SSSR count). The van der Waals surface area contributed by atoms with Crippen molar-refractivity contribution < 1.29 is 0 Å². The lowest BCUT2D eigenvalue weighted by Crippen LogP contribution is -2.45. The summed E-state index contributed by atoms with van der Waals surface area (Å²) in [6, 6.07) is 3.32. The first-order valence-corrected chi connectivity index (χ1v) is 8.61. The second-order valence-electron chi connectivity index (χ2n) is 6.17. The number of hydrogen-bond donors (Lipinski definition) is 1. The number of likely N-dealkylation sites (tertiary alicyclic amines) is 1. The molecule has 1 fully saturated rings. The van der Waals surface area contributed by atoms with Gasteiger partial charge in [-0.1, -0.05) is 27.2 Å². The van der Waals surface area contributed by atoms with Crippen LogP contribution >= 0.6 is 0 Å². The molecule has 1 saturated heterocycles. The Kier molecular flexibility index (Phi) is 8.18. The quantitative estimate of drug-likeness (QED) is 0.699. The van der Waals surface area contributed by atoms with Crippen LogP contribution in [0.3, 0.4) is 0 Å². The Hall–Kier alpha value is -0.590. The molecule has 0 aromatic rings. The lowest BCUT2D eigenvalue weighted by Gasteiger charge is -2.36. The van der Waals surface area contributed by atoms with Crippen LogP contribution in [0.15, 0.2) is 0 Å². The third-order valence-corrected chi connectivity index (χ3v) is 4.80. The maximum Gasteiger partial charge on any atom is 0.106 e. The van der Waals surface area contributed by atoms with E-state index in [1.807, 2.05) is 0 Å². The van der Waals surface area contributed by atoms with E-state index in [0.29, 0.717) is 0 Å². The first-order valence-electron chi connectivity index (χ1n) is 8.61. The van der Waals surface area contributed by atoms with Crippen LogP contribution < -0.4 is 5.32 Å². The minimum atomic E-state index is -0.298. The van der Waals surface area contributed by atoms with Gasteiger partial charge in [0.25, 0.3) is 0 Å². The fraction of sp³-hybridized carbons (Fsp3) is 0.941. The normalized spacial score (nSPS) is 23.2. The molecule has 0 amide bonds. The summed E-state index contributed by atoms with van der Waals surface area (Å²) in [5.41, 5.74) is -0.298. The molecule has 0 saturated carbocycles. The van der Waals surface area contributed by atoms with Gasteiger partial charge in [-0.25, -0.2) is 0 Å². The number of nitriles is 1. The fourth-order valence-electron chi connectivity index (χ4n) is 3.33. The second kappa shape index (κ2) is 9.37. The van der Waals surface area contributed by atoms with Crippen LogP contribution in [0.25, 0.3) is 0 Å². The summed E-state index contributed by atoms with van der Waals surface area (Å²) in [7, 11) is 0. The molecule has 0 aromatic heterocycles. The number of hydrogen-bond acceptors (Lipinski definition) is 3. The van der Waals surface area contributed by atoms with Crippen LogP contribution in [0.1, 0.15) is 72.1 Å². The summed E-state index contributed by atoms with van der Waals surface area (Å²) < 4.78 is 0. The number of nitrogens with one attached hydrogen (secondary N) is 1. The molecular weight excluding hydrogens is 246 g/mol. The summed E-state index contributed by atoms with van der Waals surface area (Å²) >= 11 is 0. The number of nitrogens with zero attached hydrogens (tertiary/aromatic N) is 2. The van der Waals surface area contributed by atoms with E-state index in [0.717, 1.165) is 44.8 Å². The smallest absolute Gasteiger partial charge is 0.106 e. The second-order valence-corrected chi connectivity index (χ2v) is 6.17. The highest BCUT2D eigenvalue weighted by molar-refractivity contribution is 5.06. The molecule has 3 nitrogen and oxygen atoms in total. The van der Waals surface area contributed by atoms with Crippen molar-refractivity contribution in [2.24, 2.45) is 0 Å². The van der Waals surface area contributed by atoms with Crippen LogP contribution in [-0.4, -0.2) is 36.1 Å². The largest absolute Gasteiger partial charge is 0.300 e. The average Bonchev–Trinajstić information content (AvgIpc) is 2.51. The highest BCUT2D eigenvalue weighted by atomic mass is 15.2. The zero-order chi connectivity index (χ0) is 14.8. The van der Waals surface area contributed by atoms with Gasteiger partial charge in [0.1, 0.15) is 5.54 Å². The van der Waals surface area contributed by atoms with E-state index < -0.39 is 0 Å². The van der Waals surface area contributed by atoms with Crippen LogP contribution in [0.5, 0.6) is 0 Å². The third-order valence-electron chi connectivity index (χ3n) is 4.80. The highest BCUT2D eigenvalue weighted by Gasteiger charge is 2.27. The first kappa shape index (κ1) is 17.5. The molecule has 2 unspecified atom stereocenters. The molecule has 0 bridgehead atoms. The molecule has 0 aromatic carbocycles. The average molecular weight is 279 g/mol. The highest BCUT2D eigenvalue weighted by Crippen LogP contribution is 2.22. The molecule has 116 valence electrons. The number of rotatable bonds is 9. The molecule has 20 heavy (non-hydrogen) atoms. The predicted molar refractivity (Wildman–Crippen MR) is 85.7 cm³/mol. The van der Waals surface area contributed by atoms with Gasteiger partial charge in [-0.15, -0.1) is 0 Å². The van der Waals surface area contributed by atoms with Crippen molar-refractivity contribution in [3.8, 4) is 6.07 Å². The van der Waals surface area contributed by atoms with E-state index in [4.69, 9.17) is 0 Å². The van der Waals surface area contributed by atoms with Crippen molar-refractivity contribution in [3.63, 3.8) is 0 Å². The summed E-state index contributed by atoms with van der Waals surface area (Å²) in [4.78, 5) is 2.65. The van der Waals surface area contributed by atoms with Gasteiger partial charge < -0.3 is 4.90 Å². The molecule has 2 atom stereocenters. The van der Waals surface area contributed by atoms with E-state index in [2.05, 4.69) is 37.1 Å². The predicted octanol–water partition coefficient (Wildman–Crippen LogP) is 3.70. The van der Waals surface area contributed by atoms with Gasteiger partial charge in [-0.3, -0.25) is 5.32 Å². The molecule has 1 aliphatic heterocycles.